The molecule has 0 saturated heterocycles. The first-order valence-electron chi connectivity index (χ1n) is 5.36. The first kappa shape index (κ1) is 11.7. The highest BCUT2D eigenvalue weighted by atomic mass is 16.5. The van der Waals surface area contributed by atoms with Gasteiger partial charge in [-0.1, -0.05) is 6.07 Å². The molecule has 0 atom stereocenters. The molecule has 1 heterocycles. The van der Waals surface area contributed by atoms with Gasteiger partial charge in [0.2, 0.25) is 0 Å². The first-order chi connectivity index (χ1) is 8.17. The molecule has 0 bridgehead atoms. The van der Waals surface area contributed by atoms with Crippen molar-refractivity contribution in [3.8, 4) is 5.75 Å². The van der Waals surface area contributed by atoms with Crippen molar-refractivity contribution in [3.63, 3.8) is 0 Å². The van der Waals surface area contributed by atoms with E-state index >= 15 is 0 Å². The lowest BCUT2D eigenvalue weighted by Crippen LogP contribution is -2.08. The molecule has 17 heavy (non-hydrogen) atoms. The van der Waals surface area contributed by atoms with E-state index in [1.165, 1.54) is 0 Å². The van der Waals surface area contributed by atoms with Crippen molar-refractivity contribution in [2.24, 2.45) is 0 Å². The first-order valence-corrected chi connectivity index (χ1v) is 5.36. The Hall–Kier alpha value is -1.81. The minimum absolute atomic E-state index is 0.0497. The Balaban J connectivity index is 2.79. The van der Waals surface area contributed by atoms with E-state index in [0.29, 0.717) is 17.7 Å². The van der Waals surface area contributed by atoms with Gasteiger partial charge in [0.05, 0.1) is 24.6 Å². The summed E-state index contributed by atoms with van der Waals surface area (Å²) in [6.07, 6.45) is 0. The number of aryl methyl sites for hydroxylation is 1. The molecule has 0 aliphatic carbocycles. The number of benzene rings is 1. The van der Waals surface area contributed by atoms with Gasteiger partial charge in [-0.15, -0.1) is 0 Å². The van der Waals surface area contributed by atoms with Crippen LogP contribution in [0.25, 0.3) is 10.9 Å². The largest absolute Gasteiger partial charge is 0.496 e. The zero-order chi connectivity index (χ0) is 12.4. The highest BCUT2D eigenvalue weighted by Crippen LogP contribution is 2.24. The summed E-state index contributed by atoms with van der Waals surface area (Å²) in [5.41, 5.74) is 2.53. The van der Waals surface area contributed by atoms with E-state index in [-0.39, 0.29) is 5.43 Å². The lowest BCUT2D eigenvalue weighted by Gasteiger charge is -2.09. The Bertz CT molecular complexity index is 601. The van der Waals surface area contributed by atoms with E-state index in [2.05, 4.69) is 4.98 Å². The van der Waals surface area contributed by atoms with Crippen molar-refractivity contribution >= 4 is 10.9 Å². The fourth-order valence-electron chi connectivity index (χ4n) is 1.92. The molecule has 1 aromatic heterocycles. The number of aromatic nitrogens is 1. The maximum Gasteiger partial charge on any atom is 0.193 e. The van der Waals surface area contributed by atoms with Crippen LogP contribution in [0, 0.1) is 6.92 Å². The number of fused-ring (bicyclic) bond motifs is 1. The average Bonchev–Trinajstić information content (AvgIpc) is 2.31. The fraction of sp³-hybridized carbons (Fsp3) is 0.308. The second kappa shape index (κ2) is 4.59. The minimum Gasteiger partial charge on any atom is -0.496 e. The third kappa shape index (κ3) is 2.03. The van der Waals surface area contributed by atoms with Crippen LogP contribution in [-0.2, 0) is 11.3 Å². The van der Waals surface area contributed by atoms with Gasteiger partial charge in [0.15, 0.2) is 5.43 Å². The SMILES string of the molecule is COCc1cc(=O)c2c(OC)ccc(C)c2[nH]1. The van der Waals surface area contributed by atoms with Gasteiger partial charge in [0.25, 0.3) is 0 Å². The summed E-state index contributed by atoms with van der Waals surface area (Å²) in [6, 6.07) is 5.28. The Morgan fingerprint density at radius 3 is 2.71 bits per heavy atom. The number of H-pyrrole nitrogens is 1. The van der Waals surface area contributed by atoms with Crippen LogP contribution in [0.15, 0.2) is 23.0 Å². The van der Waals surface area contributed by atoms with E-state index in [1.54, 1.807) is 20.3 Å². The third-order valence-electron chi connectivity index (χ3n) is 2.73. The molecule has 1 aromatic carbocycles. The monoisotopic (exact) mass is 233 g/mol. The average molecular weight is 233 g/mol. The smallest absolute Gasteiger partial charge is 0.193 e. The van der Waals surface area contributed by atoms with Crippen LogP contribution in [0.3, 0.4) is 0 Å². The normalized spacial score (nSPS) is 10.8. The summed E-state index contributed by atoms with van der Waals surface area (Å²) in [5.74, 6) is 0.593. The molecule has 2 aromatic rings. The fourth-order valence-corrected chi connectivity index (χ4v) is 1.92. The van der Waals surface area contributed by atoms with Crippen LogP contribution < -0.4 is 10.2 Å². The lowest BCUT2D eigenvalue weighted by molar-refractivity contribution is 0.181. The van der Waals surface area contributed by atoms with Gasteiger partial charge in [0.1, 0.15) is 5.75 Å². The molecular formula is C13H15NO3. The molecule has 0 aliphatic heterocycles. The van der Waals surface area contributed by atoms with Gasteiger partial charge in [-0.3, -0.25) is 4.79 Å². The second-order valence-corrected chi connectivity index (χ2v) is 3.93. The maximum absolute atomic E-state index is 12.1. The number of rotatable bonds is 3. The van der Waals surface area contributed by atoms with Crippen LogP contribution in [0.2, 0.25) is 0 Å². The van der Waals surface area contributed by atoms with Crippen molar-refractivity contribution in [3.05, 3.63) is 39.7 Å². The Kier molecular flexibility index (Phi) is 3.15. The summed E-state index contributed by atoms with van der Waals surface area (Å²) < 4.78 is 10.2. The number of ether oxygens (including phenoxy) is 2. The Morgan fingerprint density at radius 2 is 2.06 bits per heavy atom. The second-order valence-electron chi connectivity index (χ2n) is 3.93. The maximum atomic E-state index is 12.1. The van der Waals surface area contributed by atoms with Gasteiger partial charge >= 0.3 is 0 Å². The Morgan fingerprint density at radius 1 is 1.29 bits per heavy atom. The lowest BCUT2D eigenvalue weighted by atomic mass is 10.1. The van der Waals surface area contributed by atoms with Crippen LogP contribution in [0.4, 0.5) is 0 Å². The topological polar surface area (TPSA) is 51.3 Å². The number of hydrogen-bond acceptors (Lipinski definition) is 3. The molecule has 2 rings (SSSR count). The van der Waals surface area contributed by atoms with Gasteiger partial charge in [-0.2, -0.15) is 0 Å². The molecule has 90 valence electrons. The molecule has 1 N–H and O–H groups in total. The summed E-state index contributed by atoms with van der Waals surface area (Å²) in [7, 11) is 3.16. The zero-order valence-corrected chi connectivity index (χ0v) is 10.2. The molecule has 0 spiro atoms. The van der Waals surface area contributed by atoms with Crippen molar-refractivity contribution in [2.75, 3.05) is 14.2 Å². The molecule has 0 amide bonds. The van der Waals surface area contributed by atoms with E-state index in [4.69, 9.17) is 9.47 Å². The number of pyridine rings is 1. The van der Waals surface area contributed by atoms with E-state index < -0.39 is 0 Å². The van der Waals surface area contributed by atoms with Crippen molar-refractivity contribution < 1.29 is 9.47 Å². The van der Waals surface area contributed by atoms with Gasteiger partial charge in [-0.25, -0.2) is 0 Å². The standard InChI is InChI=1S/C13H15NO3/c1-8-4-5-11(17-3)12-10(15)6-9(7-16-2)14-13(8)12/h4-6H,7H2,1-3H3,(H,14,15). The number of hydrogen-bond donors (Lipinski definition) is 1. The summed E-state index contributed by atoms with van der Waals surface area (Å²) in [4.78, 5) is 15.3. The highest BCUT2D eigenvalue weighted by molar-refractivity contribution is 5.87. The summed E-state index contributed by atoms with van der Waals surface area (Å²) >= 11 is 0. The summed E-state index contributed by atoms with van der Waals surface area (Å²) in [6.45, 7) is 2.34. The van der Waals surface area contributed by atoms with Crippen molar-refractivity contribution in [2.45, 2.75) is 13.5 Å². The van der Waals surface area contributed by atoms with E-state index in [0.717, 1.165) is 16.8 Å². The molecular weight excluding hydrogens is 218 g/mol. The molecule has 0 unspecified atom stereocenters. The van der Waals surface area contributed by atoms with Crippen molar-refractivity contribution in [1.29, 1.82) is 0 Å². The van der Waals surface area contributed by atoms with Gasteiger partial charge in [-0.05, 0) is 18.6 Å². The van der Waals surface area contributed by atoms with E-state index in [1.807, 2.05) is 19.1 Å². The quantitative estimate of drug-likeness (QED) is 0.882. The van der Waals surface area contributed by atoms with Crippen LogP contribution >= 0.6 is 0 Å². The van der Waals surface area contributed by atoms with Crippen LogP contribution in [0.5, 0.6) is 5.75 Å². The molecule has 4 heteroatoms. The Labute approximate surface area is 99.2 Å². The number of methoxy groups -OCH3 is 2. The highest BCUT2D eigenvalue weighted by Gasteiger charge is 2.09. The molecule has 4 nitrogen and oxygen atoms in total. The minimum atomic E-state index is -0.0497. The van der Waals surface area contributed by atoms with E-state index in [9.17, 15) is 4.79 Å². The third-order valence-corrected chi connectivity index (χ3v) is 2.73. The molecule has 0 aliphatic rings. The van der Waals surface area contributed by atoms with Gasteiger partial charge in [0, 0.05) is 18.9 Å². The number of nitrogens with one attached hydrogen (secondary N) is 1. The van der Waals surface area contributed by atoms with Crippen LogP contribution in [0.1, 0.15) is 11.3 Å². The van der Waals surface area contributed by atoms with Crippen LogP contribution in [-0.4, -0.2) is 19.2 Å². The molecule has 0 saturated carbocycles. The van der Waals surface area contributed by atoms with Crippen molar-refractivity contribution in [1.82, 2.24) is 4.98 Å². The van der Waals surface area contributed by atoms with Gasteiger partial charge < -0.3 is 14.5 Å². The number of aromatic amines is 1. The molecule has 0 fully saturated rings. The predicted molar refractivity (Wildman–Crippen MR) is 66.6 cm³/mol. The predicted octanol–water partition coefficient (Wildman–Crippen LogP) is 1.99. The zero-order valence-electron chi connectivity index (χ0n) is 10.2. The summed E-state index contributed by atoms with van der Waals surface area (Å²) in [5, 5.41) is 0.590. The molecule has 0 radical (unpaired) electrons.